The number of ether oxygens (including phenoxy) is 3. The highest BCUT2D eigenvalue weighted by Crippen LogP contribution is 2.46. The van der Waals surface area contributed by atoms with Crippen molar-refractivity contribution in [2.75, 3.05) is 6.61 Å². The number of fused-ring (bicyclic) bond motifs is 2. The molecular formula is C26H34O5. The van der Waals surface area contributed by atoms with Crippen LogP contribution in [-0.2, 0) is 19.0 Å². The van der Waals surface area contributed by atoms with Gasteiger partial charge in [0, 0.05) is 24.5 Å². The fourth-order valence-electron chi connectivity index (χ4n) is 5.22. The first kappa shape index (κ1) is 22.3. The van der Waals surface area contributed by atoms with Crippen molar-refractivity contribution in [2.24, 2.45) is 11.8 Å². The van der Waals surface area contributed by atoms with Crippen LogP contribution >= 0.6 is 0 Å². The number of hydrogen-bond acceptors (Lipinski definition) is 4. The Morgan fingerprint density at radius 2 is 2.00 bits per heavy atom. The van der Waals surface area contributed by atoms with Gasteiger partial charge in [0.15, 0.2) is 6.29 Å². The summed E-state index contributed by atoms with van der Waals surface area (Å²) < 4.78 is 18.5. The van der Waals surface area contributed by atoms with Crippen molar-refractivity contribution >= 4 is 5.97 Å². The van der Waals surface area contributed by atoms with Crippen LogP contribution in [0.5, 0.6) is 0 Å². The lowest BCUT2D eigenvalue weighted by atomic mass is 9.77. The van der Waals surface area contributed by atoms with Crippen molar-refractivity contribution in [3.63, 3.8) is 0 Å². The van der Waals surface area contributed by atoms with Crippen molar-refractivity contribution < 1.29 is 24.1 Å². The predicted octanol–water partition coefficient (Wildman–Crippen LogP) is 5.08. The molecule has 5 heteroatoms. The van der Waals surface area contributed by atoms with Gasteiger partial charge in [0.25, 0.3) is 0 Å². The summed E-state index contributed by atoms with van der Waals surface area (Å²) in [7, 11) is 0. The molecule has 3 heterocycles. The molecule has 3 fully saturated rings. The van der Waals surface area contributed by atoms with E-state index in [4.69, 9.17) is 19.3 Å². The molecule has 31 heavy (non-hydrogen) atoms. The molecule has 0 spiro atoms. The number of carboxylic acid groups (broad SMARTS) is 1. The van der Waals surface area contributed by atoms with E-state index >= 15 is 0 Å². The van der Waals surface area contributed by atoms with Crippen molar-refractivity contribution in [2.45, 2.75) is 76.0 Å². The van der Waals surface area contributed by atoms with Crippen molar-refractivity contribution in [1.29, 1.82) is 0 Å². The summed E-state index contributed by atoms with van der Waals surface area (Å²) in [4.78, 5) is 10.9. The van der Waals surface area contributed by atoms with E-state index in [-0.39, 0.29) is 30.5 Å². The maximum absolute atomic E-state index is 10.9. The van der Waals surface area contributed by atoms with E-state index in [2.05, 4.69) is 43.3 Å². The van der Waals surface area contributed by atoms with Crippen LogP contribution in [0.1, 0.15) is 56.9 Å². The summed E-state index contributed by atoms with van der Waals surface area (Å²) in [6.45, 7) is 2.97. The van der Waals surface area contributed by atoms with Gasteiger partial charge in [-0.1, -0.05) is 55.5 Å². The lowest BCUT2D eigenvalue weighted by molar-refractivity contribution is -0.181. The third-order valence-corrected chi connectivity index (χ3v) is 6.94. The summed E-state index contributed by atoms with van der Waals surface area (Å²) in [5.74, 6) is -0.0793. The Morgan fingerprint density at radius 1 is 1.19 bits per heavy atom. The largest absolute Gasteiger partial charge is 0.478 e. The number of rotatable bonds is 9. The Kier molecular flexibility index (Phi) is 7.59. The molecule has 0 saturated carbocycles. The zero-order chi connectivity index (χ0) is 21.6. The highest BCUT2D eigenvalue weighted by atomic mass is 16.7. The fraction of sp³-hybridized carbons (Fsp3) is 0.577. The molecule has 7 atom stereocenters. The first-order valence-corrected chi connectivity index (χ1v) is 11.7. The van der Waals surface area contributed by atoms with Crippen molar-refractivity contribution in [3.8, 4) is 0 Å². The van der Waals surface area contributed by atoms with Gasteiger partial charge < -0.3 is 19.3 Å². The Morgan fingerprint density at radius 3 is 2.74 bits per heavy atom. The minimum Gasteiger partial charge on any atom is -0.478 e. The lowest BCUT2D eigenvalue weighted by Crippen LogP contribution is -2.30. The SMILES string of the molecule is CC(c1ccccc1)C(C=C[C@@H]1[C@H](C/C=C/C(=O)O)[C@@H]2CC[C@H]1O2)OC1CCCCO1. The van der Waals surface area contributed by atoms with Crippen LogP contribution in [0.4, 0.5) is 0 Å². The molecule has 168 valence electrons. The Labute approximate surface area is 185 Å². The number of carboxylic acids is 1. The van der Waals surface area contributed by atoms with Crippen LogP contribution in [0.25, 0.3) is 0 Å². The third-order valence-electron chi connectivity index (χ3n) is 6.94. The van der Waals surface area contributed by atoms with Gasteiger partial charge in [-0.15, -0.1) is 0 Å². The van der Waals surface area contributed by atoms with Crippen molar-refractivity contribution in [3.05, 3.63) is 60.2 Å². The molecule has 0 aromatic heterocycles. The van der Waals surface area contributed by atoms with Gasteiger partial charge in [-0.2, -0.15) is 0 Å². The maximum Gasteiger partial charge on any atom is 0.327 e. The van der Waals surface area contributed by atoms with Gasteiger partial charge in [0.2, 0.25) is 0 Å². The first-order chi connectivity index (χ1) is 15.1. The van der Waals surface area contributed by atoms with Gasteiger partial charge in [0.1, 0.15) is 0 Å². The highest BCUT2D eigenvalue weighted by Gasteiger charge is 2.47. The van der Waals surface area contributed by atoms with E-state index in [1.807, 2.05) is 6.07 Å². The van der Waals surface area contributed by atoms with Gasteiger partial charge in [-0.05, 0) is 50.0 Å². The zero-order valence-corrected chi connectivity index (χ0v) is 18.3. The molecule has 3 aliphatic heterocycles. The van der Waals surface area contributed by atoms with E-state index in [0.29, 0.717) is 11.8 Å². The van der Waals surface area contributed by atoms with Crippen LogP contribution < -0.4 is 0 Å². The second-order valence-corrected chi connectivity index (χ2v) is 8.99. The van der Waals surface area contributed by atoms with E-state index in [1.165, 1.54) is 11.6 Å². The molecule has 2 bridgehead atoms. The number of benzene rings is 1. The van der Waals surface area contributed by atoms with Crippen molar-refractivity contribution in [1.82, 2.24) is 0 Å². The quantitative estimate of drug-likeness (QED) is 0.440. The Bertz CT molecular complexity index is 767. The average Bonchev–Trinajstić information content (AvgIpc) is 3.39. The second kappa shape index (κ2) is 10.6. The Hall–Kier alpha value is -1.95. The monoisotopic (exact) mass is 426 g/mol. The molecule has 5 nitrogen and oxygen atoms in total. The standard InChI is InChI=1S/C26H34O5/c1-18(19-8-3-2-4-9-19)22(31-26-12-5-6-17-29-26)14-13-21-20(10-7-11-25(27)28)23-15-16-24(21)30-23/h2-4,7-9,11,13-14,18,20-24,26H,5-6,10,12,15-17H2,1H3,(H,27,28)/b11-7+,14-13?/t18?,20-,21+,22?,23-,24+,26?/m0/s1. The molecule has 3 aliphatic rings. The van der Waals surface area contributed by atoms with Crippen LogP contribution in [-0.4, -0.2) is 42.3 Å². The van der Waals surface area contributed by atoms with Crippen LogP contribution in [0.15, 0.2) is 54.6 Å². The molecule has 0 radical (unpaired) electrons. The highest BCUT2D eigenvalue weighted by molar-refractivity contribution is 5.79. The number of carbonyl (C=O) groups is 1. The third kappa shape index (κ3) is 5.65. The lowest BCUT2D eigenvalue weighted by Gasteiger charge is -2.30. The van der Waals surface area contributed by atoms with Gasteiger partial charge >= 0.3 is 5.97 Å². The fourth-order valence-corrected chi connectivity index (χ4v) is 5.22. The Balaban J connectivity index is 1.49. The predicted molar refractivity (Wildman–Crippen MR) is 119 cm³/mol. The number of aliphatic carboxylic acids is 1. The molecule has 0 amide bonds. The maximum atomic E-state index is 10.9. The summed E-state index contributed by atoms with van der Waals surface area (Å²) in [5, 5.41) is 8.93. The summed E-state index contributed by atoms with van der Waals surface area (Å²) in [6.07, 6.45) is 13.8. The van der Waals surface area contributed by atoms with Gasteiger partial charge in [0.05, 0.1) is 18.3 Å². The number of allylic oxidation sites excluding steroid dienone is 1. The molecule has 1 aromatic rings. The zero-order valence-electron chi connectivity index (χ0n) is 18.3. The average molecular weight is 427 g/mol. The molecule has 1 aromatic carbocycles. The molecule has 3 unspecified atom stereocenters. The van der Waals surface area contributed by atoms with Gasteiger partial charge in [-0.3, -0.25) is 0 Å². The molecule has 0 aliphatic carbocycles. The van der Waals surface area contributed by atoms with E-state index in [0.717, 1.165) is 45.1 Å². The topological polar surface area (TPSA) is 65.0 Å². The van der Waals surface area contributed by atoms with Crippen LogP contribution in [0.3, 0.4) is 0 Å². The van der Waals surface area contributed by atoms with E-state index < -0.39 is 5.97 Å². The van der Waals surface area contributed by atoms with E-state index in [9.17, 15) is 4.79 Å². The first-order valence-electron chi connectivity index (χ1n) is 11.7. The molecule has 3 saturated heterocycles. The van der Waals surface area contributed by atoms with Crippen LogP contribution in [0.2, 0.25) is 0 Å². The summed E-state index contributed by atoms with van der Waals surface area (Å²) in [6, 6.07) is 10.5. The van der Waals surface area contributed by atoms with E-state index in [1.54, 1.807) is 6.08 Å². The summed E-state index contributed by atoms with van der Waals surface area (Å²) >= 11 is 0. The second-order valence-electron chi connectivity index (χ2n) is 8.99. The smallest absolute Gasteiger partial charge is 0.327 e. The normalized spacial score (nSPS) is 32.6. The van der Waals surface area contributed by atoms with Crippen LogP contribution in [0, 0.1) is 11.8 Å². The molecular weight excluding hydrogens is 392 g/mol. The summed E-state index contributed by atoms with van der Waals surface area (Å²) in [5.41, 5.74) is 1.25. The minimum absolute atomic E-state index is 0.0835. The number of hydrogen-bond donors (Lipinski definition) is 1. The minimum atomic E-state index is -0.895. The molecule has 1 N–H and O–H groups in total. The van der Waals surface area contributed by atoms with Gasteiger partial charge in [-0.25, -0.2) is 4.79 Å². The molecule has 4 rings (SSSR count).